The van der Waals surface area contributed by atoms with Gasteiger partial charge in [-0.1, -0.05) is 50.2 Å². The lowest BCUT2D eigenvalue weighted by atomic mass is 9.83. The Kier molecular flexibility index (Phi) is 5.91. The summed E-state index contributed by atoms with van der Waals surface area (Å²) in [6.45, 7) is 3.67. The van der Waals surface area contributed by atoms with Crippen molar-refractivity contribution in [2.75, 3.05) is 18.0 Å². The highest BCUT2D eigenvalue weighted by molar-refractivity contribution is 5.86. The van der Waals surface area contributed by atoms with Crippen LogP contribution in [0.4, 0.5) is 18.9 Å². The molecule has 6 nitrogen and oxygen atoms in total. The van der Waals surface area contributed by atoms with Gasteiger partial charge in [0.25, 0.3) is 5.92 Å². The summed E-state index contributed by atoms with van der Waals surface area (Å²) in [5.74, 6) is -2.66. The van der Waals surface area contributed by atoms with Gasteiger partial charge in [0.1, 0.15) is 6.07 Å². The number of alkyl halides is 2. The maximum atomic E-state index is 13.6. The Morgan fingerprint density at radius 2 is 1.51 bits per heavy atom. The molecule has 0 radical (unpaired) electrons. The van der Waals surface area contributed by atoms with Crippen LogP contribution in [0, 0.1) is 17.1 Å². The lowest BCUT2D eigenvalue weighted by Gasteiger charge is -2.40. The molecule has 3 aromatic heterocycles. The number of nitriles is 1. The van der Waals surface area contributed by atoms with Crippen molar-refractivity contribution in [1.29, 1.82) is 5.26 Å². The summed E-state index contributed by atoms with van der Waals surface area (Å²) in [7, 11) is 0. The molecule has 0 aliphatic carbocycles. The summed E-state index contributed by atoms with van der Waals surface area (Å²) in [6.07, 6.45) is 5.72. The molecule has 1 fully saturated rings. The SMILES string of the molecule is CC(c1ccc(-c2cc(N3CC(F)(F)C3)cn3ncc(C#N)c23)cc1)C(C)c1ccc(-n2cc(F)cn2)cc1. The Bertz CT molecular complexity index is 1690. The Morgan fingerprint density at radius 3 is 2.08 bits per heavy atom. The zero-order chi connectivity index (χ0) is 27.3. The number of aromatic nitrogens is 4. The van der Waals surface area contributed by atoms with E-state index in [4.69, 9.17) is 0 Å². The van der Waals surface area contributed by atoms with E-state index in [0.29, 0.717) is 16.8 Å². The predicted molar refractivity (Wildman–Crippen MR) is 143 cm³/mol. The first kappa shape index (κ1) is 24.7. The number of rotatable bonds is 6. The molecule has 6 rings (SSSR count). The van der Waals surface area contributed by atoms with Crippen molar-refractivity contribution in [1.82, 2.24) is 19.4 Å². The molecule has 196 valence electrons. The van der Waals surface area contributed by atoms with Gasteiger partial charge in [0.05, 0.1) is 60.3 Å². The summed E-state index contributed by atoms with van der Waals surface area (Å²) < 4.78 is 43.5. The molecule has 0 saturated carbocycles. The summed E-state index contributed by atoms with van der Waals surface area (Å²) in [6, 6.07) is 20.1. The number of nitrogens with zero attached hydrogens (tertiary/aromatic N) is 6. The van der Waals surface area contributed by atoms with Crippen molar-refractivity contribution in [3.8, 4) is 22.9 Å². The van der Waals surface area contributed by atoms with E-state index in [9.17, 15) is 18.4 Å². The number of fused-ring (bicyclic) bond motifs is 1. The molecular weight excluding hydrogens is 501 g/mol. The molecule has 0 N–H and O–H groups in total. The average molecular weight is 527 g/mol. The molecule has 1 aliphatic heterocycles. The molecule has 39 heavy (non-hydrogen) atoms. The minimum Gasteiger partial charge on any atom is -0.358 e. The molecule has 5 aromatic rings. The van der Waals surface area contributed by atoms with E-state index in [-0.39, 0.29) is 30.7 Å². The fourth-order valence-electron chi connectivity index (χ4n) is 5.19. The number of hydrogen-bond acceptors (Lipinski definition) is 4. The molecule has 2 unspecified atom stereocenters. The number of anilines is 1. The predicted octanol–water partition coefficient (Wildman–Crippen LogP) is 6.56. The van der Waals surface area contributed by atoms with Gasteiger partial charge in [-0.3, -0.25) is 0 Å². The molecule has 1 saturated heterocycles. The van der Waals surface area contributed by atoms with Gasteiger partial charge in [0.2, 0.25) is 0 Å². The second-order valence-corrected chi connectivity index (χ2v) is 10.2. The molecule has 0 amide bonds. The Hall–Kier alpha value is -4.58. The maximum Gasteiger partial charge on any atom is 0.282 e. The highest BCUT2D eigenvalue weighted by Gasteiger charge is 2.44. The number of benzene rings is 2. The van der Waals surface area contributed by atoms with E-state index in [1.54, 1.807) is 15.6 Å². The third kappa shape index (κ3) is 4.52. The Labute approximate surface area is 223 Å². The first-order valence-corrected chi connectivity index (χ1v) is 12.7. The second kappa shape index (κ2) is 9.31. The van der Waals surface area contributed by atoms with Gasteiger partial charge in [-0.25, -0.2) is 22.4 Å². The maximum absolute atomic E-state index is 13.6. The van der Waals surface area contributed by atoms with Gasteiger partial charge in [0, 0.05) is 5.56 Å². The largest absolute Gasteiger partial charge is 0.358 e. The van der Waals surface area contributed by atoms with E-state index in [2.05, 4.69) is 42.2 Å². The number of pyridine rings is 1. The van der Waals surface area contributed by atoms with Crippen LogP contribution in [-0.4, -0.2) is 38.4 Å². The third-order valence-electron chi connectivity index (χ3n) is 7.66. The van der Waals surface area contributed by atoms with Crippen molar-refractivity contribution < 1.29 is 13.2 Å². The van der Waals surface area contributed by atoms with Gasteiger partial charge in [0.15, 0.2) is 5.82 Å². The topological polar surface area (TPSA) is 62.1 Å². The highest BCUT2D eigenvalue weighted by Crippen LogP contribution is 2.38. The van der Waals surface area contributed by atoms with E-state index in [1.165, 1.54) is 23.3 Å². The molecule has 9 heteroatoms. The molecular formula is C30H25F3N6. The lowest BCUT2D eigenvalue weighted by molar-refractivity contribution is -0.0263. The first-order chi connectivity index (χ1) is 18.7. The monoisotopic (exact) mass is 526 g/mol. The quantitative estimate of drug-likeness (QED) is 0.251. The minimum absolute atomic E-state index is 0.200. The van der Waals surface area contributed by atoms with Crippen LogP contribution in [0.15, 0.2) is 79.4 Å². The summed E-state index contributed by atoms with van der Waals surface area (Å²) in [5.41, 5.74) is 6.47. The van der Waals surface area contributed by atoms with E-state index < -0.39 is 5.92 Å². The van der Waals surface area contributed by atoms with E-state index >= 15 is 0 Å². The van der Waals surface area contributed by atoms with Crippen LogP contribution < -0.4 is 4.90 Å². The Balaban J connectivity index is 1.27. The molecule has 2 atom stereocenters. The smallest absolute Gasteiger partial charge is 0.282 e. The molecule has 2 aromatic carbocycles. The molecule has 0 bridgehead atoms. The number of hydrogen-bond donors (Lipinski definition) is 0. The summed E-state index contributed by atoms with van der Waals surface area (Å²) >= 11 is 0. The van der Waals surface area contributed by atoms with Crippen LogP contribution in [0.3, 0.4) is 0 Å². The van der Waals surface area contributed by atoms with Crippen LogP contribution in [-0.2, 0) is 0 Å². The van der Waals surface area contributed by atoms with Gasteiger partial charge in [-0.15, -0.1) is 0 Å². The molecule has 1 aliphatic rings. The van der Waals surface area contributed by atoms with Crippen LogP contribution >= 0.6 is 0 Å². The normalized spacial score (nSPS) is 16.1. The van der Waals surface area contributed by atoms with Crippen LogP contribution in [0.25, 0.3) is 22.3 Å². The Morgan fingerprint density at radius 1 is 0.872 bits per heavy atom. The molecule has 0 spiro atoms. The molecule has 4 heterocycles. The van der Waals surface area contributed by atoms with E-state index in [0.717, 1.165) is 27.9 Å². The average Bonchev–Trinajstić information content (AvgIpc) is 3.56. The van der Waals surface area contributed by atoms with Crippen molar-refractivity contribution >= 4 is 11.2 Å². The van der Waals surface area contributed by atoms with Gasteiger partial charge < -0.3 is 4.90 Å². The highest BCUT2D eigenvalue weighted by atomic mass is 19.3. The second-order valence-electron chi connectivity index (χ2n) is 10.2. The van der Waals surface area contributed by atoms with Crippen LogP contribution in [0.5, 0.6) is 0 Å². The zero-order valence-corrected chi connectivity index (χ0v) is 21.4. The fourth-order valence-corrected chi connectivity index (χ4v) is 5.19. The van der Waals surface area contributed by atoms with Crippen molar-refractivity contribution in [2.45, 2.75) is 31.6 Å². The van der Waals surface area contributed by atoms with Gasteiger partial charge in [-0.2, -0.15) is 15.5 Å². The lowest BCUT2D eigenvalue weighted by Crippen LogP contribution is -2.56. The van der Waals surface area contributed by atoms with Crippen LogP contribution in [0.2, 0.25) is 0 Å². The number of halogens is 3. The summed E-state index contributed by atoms with van der Waals surface area (Å²) in [5, 5.41) is 17.9. The summed E-state index contributed by atoms with van der Waals surface area (Å²) in [4.78, 5) is 1.61. The van der Waals surface area contributed by atoms with E-state index in [1.807, 2.05) is 42.5 Å². The van der Waals surface area contributed by atoms with Crippen molar-refractivity contribution in [3.63, 3.8) is 0 Å². The standard InChI is InChI=1S/C30H25F3N6/c1-19(20(2)22-7-9-26(10-8-22)38-15-25(31)14-36-38)21-3-5-23(6-4-21)28-11-27(37-17-30(32,33)18-37)16-39-29(28)24(12-34)13-35-39/h3-11,13-16,19-20H,17-18H2,1-2H3. The fraction of sp³-hybridized carbons (Fsp3) is 0.233. The van der Waals surface area contributed by atoms with Gasteiger partial charge >= 0.3 is 0 Å². The first-order valence-electron chi connectivity index (χ1n) is 12.7. The van der Waals surface area contributed by atoms with Crippen molar-refractivity contribution in [2.24, 2.45) is 0 Å². The van der Waals surface area contributed by atoms with Crippen LogP contribution in [0.1, 0.15) is 42.4 Å². The minimum atomic E-state index is -2.69. The zero-order valence-electron chi connectivity index (χ0n) is 21.4. The van der Waals surface area contributed by atoms with Crippen molar-refractivity contribution in [3.05, 3.63) is 102 Å². The van der Waals surface area contributed by atoms with Gasteiger partial charge in [-0.05, 0) is 46.7 Å². The third-order valence-corrected chi connectivity index (χ3v) is 7.66.